The molecule has 0 aliphatic carbocycles. The van der Waals surface area contributed by atoms with Crippen LogP contribution in [-0.4, -0.2) is 11.6 Å². The van der Waals surface area contributed by atoms with E-state index in [2.05, 4.69) is 4.98 Å². The van der Waals surface area contributed by atoms with E-state index in [0.717, 1.165) is 23.3 Å². The topological polar surface area (TPSA) is 48.1 Å². The smallest absolute Gasteiger partial charge is 0.119 e. The van der Waals surface area contributed by atoms with Gasteiger partial charge in [-0.25, -0.2) is 0 Å². The van der Waals surface area contributed by atoms with E-state index in [9.17, 15) is 0 Å². The Morgan fingerprint density at radius 3 is 2.89 bits per heavy atom. The summed E-state index contributed by atoms with van der Waals surface area (Å²) >= 11 is 0. The first-order valence-corrected chi connectivity index (χ1v) is 6.17. The largest absolute Gasteiger partial charge is 0.494 e. The number of hydrogen-bond donors (Lipinski definition) is 1. The lowest BCUT2D eigenvalue weighted by molar-refractivity contribution is 0.339. The zero-order valence-corrected chi connectivity index (χ0v) is 10.5. The molecule has 0 spiro atoms. The number of nitrogens with two attached hydrogens (primary N) is 1. The molecule has 0 radical (unpaired) electrons. The van der Waals surface area contributed by atoms with Crippen LogP contribution in [0.1, 0.15) is 24.1 Å². The van der Waals surface area contributed by atoms with Crippen LogP contribution in [-0.2, 0) is 6.42 Å². The average molecular weight is 242 g/mol. The molecule has 1 atom stereocenters. The molecule has 94 valence electrons. The Balaban J connectivity index is 2.08. The molecular weight excluding hydrogens is 224 g/mol. The Morgan fingerprint density at radius 1 is 1.28 bits per heavy atom. The normalized spacial score (nSPS) is 12.1. The Labute approximate surface area is 108 Å². The number of nitrogens with zero attached hydrogens (tertiary/aromatic N) is 1. The van der Waals surface area contributed by atoms with Gasteiger partial charge in [0.15, 0.2) is 0 Å². The van der Waals surface area contributed by atoms with E-state index < -0.39 is 0 Å². The number of aromatic nitrogens is 1. The summed E-state index contributed by atoms with van der Waals surface area (Å²) in [7, 11) is 0. The molecule has 1 aromatic carbocycles. The third kappa shape index (κ3) is 3.31. The number of pyridine rings is 1. The van der Waals surface area contributed by atoms with Crippen molar-refractivity contribution < 1.29 is 4.74 Å². The van der Waals surface area contributed by atoms with Crippen molar-refractivity contribution in [1.82, 2.24) is 4.98 Å². The lowest BCUT2D eigenvalue weighted by Gasteiger charge is -2.13. The molecule has 0 amide bonds. The van der Waals surface area contributed by atoms with Crippen LogP contribution in [0.4, 0.5) is 0 Å². The molecule has 1 aromatic heterocycles. The van der Waals surface area contributed by atoms with Gasteiger partial charge in [0.05, 0.1) is 6.61 Å². The van der Waals surface area contributed by atoms with Crippen LogP contribution in [0.3, 0.4) is 0 Å². The van der Waals surface area contributed by atoms with E-state index in [1.54, 1.807) is 6.20 Å². The van der Waals surface area contributed by atoms with Gasteiger partial charge in [-0.05, 0) is 42.7 Å². The van der Waals surface area contributed by atoms with Crippen LogP contribution < -0.4 is 10.5 Å². The van der Waals surface area contributed by atoms with Gasteiger partial charge in [0.2, 0.25) is 0 Å². The maximum Gasteiger partial charge on any atom is 0.119 e. The zero-order valence-electron chi connectivity index (χ0n) is 10.5. The van der Waals surface area contributed by atoms with Crippen molar-refractivity contribution >= 4 is 0 Å². The van der Waals surface area contributed by atoms with E-state index in [4.69, 9.17) is 10.5 Å². The highest BCUT2D eigenvalue weighted by Gasteiger charge is 2.08. The number of ether oxygens (including phenoxy) is 1. The SMILES string of the molecule is CCOc1cccc(C(N)Cc2cccnc2)c1. The maximum atomic E-state index is 6.21. The van der Waals surface area contributed by atoms with Crippen LogP contribution in [0.25, 0.3) is 0 Å². The Kier molecular flexibility index (Phi) is 4.31. The molecule has 3 nitrogen and oxygen atoms in total. The fourth-order valence-corrected chi connectivity index (χ4v) is 1.89. The molecular formula is C15H18N2O. The monoisotopic (exact) mass is 242 g/mol. The van der Waals surface area contributed by atoms with Gasteiger partial charge in [-0.1, -0.05) is 18.2 Å². The molecule has 1 heterocycles. The average Bonchev–Trinajstić information content (AvgIpc) is 2.40. The van der Waals surface area contributed by atoms with Crippen LogP contribution in [0.2, 0.25) is 0 Å². The minimum Gasteiger partial charge on any atom is -0.494 e. The Bertz CT molecular complexity index is 485. The number of benzene rings is 1. The fourth-order valence-electron chi connectivity index (χ4n) is 1.89. The molecule has 0 aliphatic heterocycles. The van der Waals surface area contributed by atoms with Gasteiger partial charge < -0.3 is 10.5 Å². The molecule has 2 aromatic rings. The minimum atomic E-state index is -0.0328. The molecule has 0 bridgehead atoms. The summed E-state index contributed by atoms with van der Waals surface area (Å²) in [6, 6.07) is 11.9. The van der Waals surface area contributed by atoms with E-state index in [1.165, 1.54) is 0 Å². The molecule has 0 fully saturated rings. The predicted octanol–water partition coefficient (Wildman–Crippen LogP) is 2.72. The Hall–Kier alpha value is -1.87. The van der Waals surface area contributed by atoms with Crippen molar-refractivity contribution in [3.63, 3.8) is 0 Å². The summed E-state index contributed by atoms with van der Waals surface area (Å²) in [5.74, 6) is 0.872. The zero-order chi connectivity index (χ0) is 12.8. The molecule has 2 N–H and O–H groups in total. The van der Waals surface area contributed by atoms with Crippen molar-refractivity contribution in [2.24, 2.45) is 5.73 Å². The lowest BCUT2D eigenvalue weighted by Crippen LogP contribution is -2.13. The molecule has 2 rings (SSSR count). The molecule has 0 aliphatic rings. The Morgan fingerprint density at radius 2 is 2.17 bits per heavy atom. The third-order valence-corrected chi connectivity index (χ3v) is 2.78. The van der Waals surface area contributed by atoms with Gasteiger partial charge in [-0.15, -0.1) is 0 Å². The molecule has 0 saturated carbocycles. The van der Waals surface area contributed by atoms with Gasteiger partial charge in [-0.2, -0.15) is 0 Å². The maximum absolute atomic E-state index is 6.21. The van der Waals surface area contributed by atoms with Gasteiger partial charge >= 0.3 is 0 Å². The van der Waals surface area contributed by atoms with Crippen LogP contribution in [0.5, 0.6) is 5.75 Å². The predicted molar refractivity (Wildman–Crippen MR) is 72.5 cm³/mol. The molecule has 3 heteroatoms. The standard InChI is InChI=1S/C15H18N2O/c1-2-18-14-7-3-6-13(10-14)15(16)9-12-5-4-8-17-11-12/h3-8,10-11,15H,2,9,16H2,1H3. The second-order valence-electron chi connectivity index (χ2n) is 4.18. The van der Waals surface area contributed by atoms with E-state index >= 15 is 0 Å². The quantitative estimate of drug-likeness (QED) is 0.877. The molecule has 18 heavy (non-hydrogen) atoms. The van der Waals surface area contributed by atoms with E-state index in [1.807, 2.05) is 49.5 Å². The summed E-state index contributed by atoms with van der Waals surface area (Å²) < 4.78 is 5.48. The second-order valence-corrected chi connectivity index (χ2v) is 4.18. The van der Waals surface area contributed by atoms with Gasteiger partial charge in [0.1, 0.15) is 5.75 Å². The van der Waals surface area contributed by atoms with Crippen molar-refractivity contribution in [2.75, 3.05) is 6.61 Å². The van der Waals surface area contributed by atoms with Crippen molar-refractivity contribution in [1.29, 1.82) is 0 Å². The summed E-state index contributed by atoms with van der Waals surface area (Å²) in [5, 5.41) is 0. The highest BCUT2D eigenvalue weighted by atomic mass is 16.5. The summed E-state index contributed by atoms with van der Waals surface area (Å²) in [5.41, 5.74) is 8.44. The first-order chi connectivity index (χ1) is 8.79. The van der Waals surface area contributed by atoms with E-state index in [0.29, 0.717) is 6.61 Å². The summed E-state index contributed by atoms with van der Waals surface area (Å²) in [4.78, 5) is 4.10. The third-order valence-electron chi connectivity index (χ3n) is 2.78. The summed E-state index contributed by atoms with van der Waals surface area (Å²) in [6.45, 7) is 2.64. The fraction of sp³-hybridized carbons (Fsp3) is 0.267. The summed E-state index contributed by atoms with van der Waals surface area (Å²) in [6.07, 6.45) is 4.40. The van der Waals surface area contributed by atoms with Gasteiger partial charge in [0, 0.05) is 18.4 Å². The van der Waals surface area contributed by atoms with Crippen LogP contribution in [0.15, 0.2) is 48.8 Å². The first-order valence-electron chi connectivity index (χ1n) is 6.17. The molecule has 0 saturated heterocycles. The highest BCUT2D eigenvalue weighted by Crippen LogP contribution is 2.20. The molecule has 1 unspecified atom stereocenters. The van der Waals surface area contributed by atoms with Crippen LogP contribution in [0, 0.1) is 0 Å². The van der Waals surface area contributed by atoms with E-state index in [-0.39, 0.29) is 6.04 Å². The second kappa shape index (κ2) is 6.17. The number of rotatable bonds is 5. The van der Waals surface area contributed by atoms with Crippen molar-refractivity contribution in [3.05, 3.63) is 59.9 Å². The lowest BCUT2D eigenvalue weighted by atomic mass is 10.0. The first kappa shape index (κ1) is 12.6. The minimum absolute atomic E-state index is 0.0328. The van der Waals surface area contributed by atoms with Crippen molar-refractivity contribution in [2.45, 2.75) is 19.4 Å². The van der Waals surface area contributed by atoms with Gasteiger partial charge in [0.25, 0.3) is 0 Å². The van der Waals surface area contributed by atoms with Gasteiger partial charge in [-0.3, -0.25) is 4.98 Å². The number of hydrogen-bond acceptors (Lipinski definition) is 3. The highest BCUT2D eigenvalue weighted by molar-refractivity contribution is 5.31. The van der Waals surface area contributed by atoms with Crippen molar-refractivity contribution in [3.8, 4) is 5.75 Å². The van der Waals surface area contributed by atoms with Crippen LogP contribution >= 0.6 is 0 Å².